The largest absolute Gasteiger partial charge is 0.393 e. The van der Waals surface area contributed by atoms with Crippen molar-refractivity contribution in [3.05, 3.63) is 18.2 Å². The molecule has 1 unspecified atom stereocenters. The van der Waals surface area contributed by atoms with E-state index < -0.39 is 0 Å². The lowest BCUT2D eigenvalue weighted by Gasteiger charge is -2.33. The molecule has 1 aromatic rings. The molecule has 20 heavy (non-hydrogen) atoms. The molecule has 110 valence electrons. The number of hydrogen-bond acceptors (Lipinski definition) is 4. The van der Waals surface area contributed by atoms with E-state index in [9.17, 15) is 9.90 Å². The summed E-state index contributed by atoms with van der Waals surface area (Å²) in [6.45, 7) is 5.15. The van der Waals surface area contributed by atoms with Crippen molar-refractivity contribution in [2.75, 3.05) is 18.4 Å². The molecule has 1 aliphatic rings. The van der Waals surface area contributed by atoms with E-state index in [1.54, 1.807) is 17.3 Å². The Morgan fingerprint density at radius 3 is 2.55 bits per heavy atom. The first-order valence-corrected chi connectivity index (χ1v) is 7.15. The van der Waals surface area contributed by atoms with Crippen LogP contribution in [0, 0.1) is 5.92 Å². The van der Waals surface area contributed by atoms with E-state index in [1.165, 1.54) is 0 Å². The number of nitrogens with zero attached hydrogens (tertiary/aromatic N) is 3. The van der Waals surface area contributed by atoms with Crippen LogP contribution in [0.5, 0.6) is 0 Å². The summed E-state index contributed by atoms with van der Waals surface area (Å²) >= 11 is 0. The van der Waals surface area contributed by atoms with Crippen LogP contribution in [0.15, 0.2) is 12.4 Å². The van der Waals surface area contributed by atoms with Crippen LogP contribution in [0.1, 0.15) is 32.5 Å². The Balaban J connectivity index is 1.86. The Hall–Kier alpha value is -1.69. The summed E-state index contributed by atoms with van der Waals surface area (Å²) in [6, 6.07) is -0.123. The summed E-state index contributed by atoms with van der Waals surface area (Å²) in [5, 5.41) is 12.4. The highest BCUT2D eigenvalue weighted by Crippen LogP contribution is 2.21. The third-order valence-corrected chi connectivity index (χ3v) is 3.78. The summed E-state index contributed by atoms with van der Waals surface area (Å²) in [5.41, 5.74) is 0.616. The number of likely N-dealkylation sites (tertiary alicyclic amines) is 1. The number of carbonyl (C=O) groups is 1. The first kappa shape index (κ1) is 14.7. The maximum atomic E-state index is 12.1. The number of urea groups is 1. The van der Waals surface area contributed by atoms with Gasteiger partial charge in [-0.1, -0.05) is 6.92 Å². The Bertz CT molecular complexity index is 439. The first-order chi connectivity index (χ1) is 9.60. The molecule has 1 aromatic heterocycles. The fourth-order valence-corrected chi connectivity index (χ4v) is 2.39. The molecular weight excluding hydrogens is 256 g/mol. The van der Waals surface area contributed by atoms with E-state index >= 15 is 0 Å². The van der Waals surface area contributed by atoms with Crippen LogP contribution in [-0.2, 0) is 6.42 Å². The van der Waals surface area contributed by atoms with Crippen molar-refractivity contribution >= 4 is 11.7 Å². The molecule has 0 aromatic carbocycles. The highest BCUT2D eigenvalue weighted by atomic mass is 16.3. The molecule has 6 heteroatoms. The van der Waals surface area contributed by atoms with E-state index in [1.807, 2.05) is 13.8 Å². The quantitative estimate of drug-likeness (QED) is 0.881. The van der Waals surface area contributed by atoms with Crippen LogP contribution >= 0.6 is 0 Å². The van der Waals surface area contributed by atoms with Gasteiger partial charge < -0.3 is 15.3 Å². The van der Waals surface area contributed by atoms with Gasteiger partial charge >= 0.3 is 6.03 Å². The fourth-order valence-electron chi connectivity index (χ4n) is 2.39. The molecule has 1 fully saturated rings. The summed E-state index contributed by atoms with van der Waals surface area (Å²) in [7, 11) is 0. The van der Waals surface area contributed by atoms with Gasteiger partial charge in [0.25, 0.3) is 0 Å². The van der Waals surface area contributed by atoms with Crippen molar-refractivity contribution < 1.29 is 9.90 Å². The van der Waals surface area contributed by atoms with Crippen molar-refractivity contribution in [2.24, 2.45) is 5.92 Å². The summed E-state index contributed by atoms with van der Waals surface area (Å²) in [6.07, 6.45) is 5.43. The van der Waals surface area contributed by atoms with Gasteiger partial charge in [0.2, 0.25) is 0 Å². The lowest BCUT2D eigenvalue weighted by atomic mass is 9.92. The molecule has 0 aliphatic carbocycles. The lowest BCUT2D eigenvalue weighted by molar-refractivity contribution is 0.0820. The number of aliphatic hydroxyl groups is 1. The number of piperidine rings is 1. The van der Waals surface area contributed by atoms with Gasteiger partial charge in [-0.25, -0.2) is 14.8 Å². The van der Waals surface area contributed by atoms with Crippen molar-refractivity contribution in [1.82, 2.24) is 14.9 Å². The number of rotatable bonds is 3. The molecule has 0 spiro atoms. The minimum atomic E-state index is -0.296. The Morgan fingerprint density at radius 2 is 2.05 bits per heavy atom. The zero-order valence-corrected chi connectivity index (χ0v) is 12.0. The highest BCUT2D eigenvalue weighted by molar-refractivity contribution is 5.88. The number of nitrogens with one attached hydrogen (secondary N) is 1. The standard InChI is InChI=1S/C14H22N4O2/c1-3-13-15-8-12(9-16-13)17-14(20)18-6-4-11(5-7-18)10(2)19/h8-11,19H,3-7H2,1-2H3,(H,17,20). The van der Waals surface area contributed by atoms with Crippen LogP contribution in [0.2, 0.25) is 0 Å². The molecule has 0 radical (unpaired) electrons. The highest BCUT2D eigenvalue weighted by Gasteiger charge is 2.25. The predicted molar refractivity (Wildman–Crippen MR) is 76.4 cm³/mol. The third-order valence-electron chi connectivity index (χ3n) is 3.78. The molecule has 0 bridgehead atoms. The van der Waals surface area contributed by atoms with Crippen molar-refractivity contribution in [3.63, 3.8) is 0 Å². The molecule has 0 saturated carbocycles. The number of anilines is 1. The first-order valence-electron chi connectivity index (χ1n) is 7.15. The second-order valence-corrected chi connectivity index (χ2v) is 5.24. The van der Waals surface area contributed by atoms with Crippen molar-refractivity contribution in [3.8, 4) is 0 Å². The predicted octanol–water partition coefficient (Wildman–Crippen LogP) is 1.66. The van der Waals surface area contributed by atoms with Crippen molar-refractivity contribution in [2.45, 2.75) is 39.2 Å². The molecule has 1 atom stereocenters. The molecule has 2 N–H and O–H groups in total. The zero-order valence-electron chi connectivity index (χ0n) is 12.0. The van der Waals surface area contributed by atoms with Crippen molar-refractivity contribution in [1.29, 1.82) is 0 Å². The summed E-state index contributed by atoms with van der Waals surface area (Å²) in [4.78, 5) is 22.2. The summed E-state index contributed by atoms with van der Waals surface area (Å²) in [5.74, 6) is 1.06. The average molecular weight is 278 g/mol. The van der Waals surface area contributed by atoms with Crippen LogP contribution in [0.4, 0.5) is 10.5 Å². The Morgan fingerprint density at radius 1 is 1.45 bits per heavy atom. The van der Waals surface area contributed by atoms with E-state index in [2.05, 4.69) is 15.3 Å². The molecule has 2 heterocycles. The minimum absolute atomic E-state index is 0.123. The number of aryl methyl sites for hydroxylation is 1. The number of carbonyl (C=O) groups excluding carboxylic acids is 1. The van der Waals surface area contributed by atoms with E-state index in [-0.39, 0.29) is 12.1 Å². The number of aliphatic hydroxyl groups excluding tert-OH is 1. The van der Waals surface area contributed by atoms with Gasteiger partial charge in [-0.3, -0.25) is 0 Å². The van der Waals surface area contributed by atoms with Gasteiger partial charge in [0.1, 0.15) is 5.82 Å². The van der Waals surface area contributed by atoms with Crippen LogP contribution in [-0.4, -0.2) is 45.2 Å². The number of aromatic nitrogens is 2. The molecule has 1 aliphatic heterocycles. The van der Waals surface area contributed by atoms with Gasteiger partial charge in [0.15, 0.2) is 0 Å². The van der Waals surface area contributed by atoms with Gasteiger partial charge in [-0.2, -0.15) is 0 Å². The van der Waals surface area contributed by atoms with E-state index in [4.69, 9.17) is 0 Å². The molecule has 6 nitrogen and oxygen atoms in total. The van der Waals surface area contributed by atoms with E-state index in [0.717, 1.165) is 25.1 Å². The number of hydrogen-bond donors (Lipinski definition) is 2. The maximum Gasteiger partial charge on any atom is 0.321 e. The van der Waals surface area contributed by atoms with Crippen LogP contribution < -0.4 is 5.32 Å². The summed E-state index contributed by atoms with van der Waals surface area (Å²) < 4.78 is 0. The zero-order chi connectivity index (χ0) is 14.5. The SMILES string of the molecule is CCc1ncc(NC(=O)N2CCC(C(C)O)CC2)cn1. The molecule has 2 amide bonds. The molecule has 2 rings (SSSR count). The van der Waals surface area contributed by atoms with Gasteiger partial charge in [-0.15, -0.1) is 0 Å². The average Bonchev–Trinajstić information content (AvgIpc) is 2.48. The second-order valence-electron chi connectivity index (χ2n) is 5.24. The Kier molecular flexibility index (Phi) is 4.89. The lowest BCUT2D eigenvalue weighted by Crippen LogP contribution is -2.42. The van der Waals surface area contributed by atoms with Gasteiger partial charge in [-0.05, 0) is 25.7 Å². The topological polar surface area (TPSA) is 78.4 Å². The normalized spacial score (nSPS) is 17.9. The minimum Gasteiger partial charge on any atom is -0.393 e. The third kappa shape index (κ3) is 3.66. The van der Waals surface area contributed by atoms with E-state index in [0.29, 0.717) is 24.7 Å². The van der Waals surface area contributed by atoms with Gasteiger partial charge in [0, 0.05) is 19.5 Å². The van der Waals surface area contributed by atoms with Crippen LogP contribution in [0.25, 0.3) is 0 Å². The Labute approximate surface area is 119 Å². The number of amides is 2. The van der Waals surface area contributed by atoms with Crippen LogP contribution in [0.3, 0.4) is 0 Å². The smallest absolute Gasteiger partial charge is 0.321 e. The fraction of sp³-hybridized carbons (Fsp3) is 0.643. The molecule has 1 saturated heterocycles. The van der Waals surface area contributed by atoms with Gasteiger partial charge in [0.05, 0.1) is 24.2 Å². The maximum absolute atomic E-state index is 12.1. The second kappa shape index (κ2) is 6.65. The monoisotopic (exact) mass is 278 g/mol. The molecular formula is C14H22N4O2.